The summed E-state index contributed by atoms with van der Waals surface area (Å²) in [5.74, 6) is -0.566. The molecule has 3 fully saturated rings. The van der Waals surface area contributed by atoms with E-state index in [2.05, 4.69) is 20.4 Å². The fourth-order valence-electron chi connectivity index (χ4n) is 5.17. The van der Waals surface area contributed by atoms with Gasteiger partial charge in [0.1, 0.15) is 11.6 Å². The van der Waals surface area contributed by atoms with Crippen LogP contribution < -0.4 is 15.0 Å². The molecule has 5 rings (SSSR count). The van der Waals surface area contributed by atoms with Crippen LogP contribution in [0.1, 0.15) is 63.3 Å². The highest BCUT2D eigenvalue weighted by molar-refractivity contribution is 5.79. The Labute approximate surface area is 208 Å². The van der Waals surface area contributed by atoms with Crippen molar-refractivity contribution in [3.8, 4) is 5.75 Å². The summed E-state index contributed by atoms with van der Waals surface area (Å²) < 4.78 is 51.4. The van der Waals surface area contributed by atoms with Crippen molar-refractivity contribution in [1.82, 2.24) is 15.5 Å². The van der Waals surface area contributed by atoms with Crippen LogP contribution in [0.4, 0.5) is 19.2 Å². The minimum Gasteiger partial charge on any atom is -0.493 e. The van der Waals surface area contributed by atoms with Gasteiger partial charge in [-0.1, -0.05) is 25.1 Å². The van der Waals surface area contributed by atoms with Gasteiger partial charge in [0.2, 0.25) is 5.91 Å². The zero-order valence-corrected chi connectivity index (χ0v) is 20.7. The Morgan fingerprint density at radius 2 is 2.06 bits per heavy atom. The van der Waals surface area contributed by atoms with Gasteiger partial charge in [-0.15, -0.1) is 0 Å². The van der Waals surface area contributed by atoms with Crippen LogP contribution in [0.3, 0.4) is 0 Å². The molecule has 0 radical (unpaired) electrons. The number of amides is 1. The molecule has 7 nitrogen and oxygen atoms in total. The minimum absolute atomic E-state index is 0.165. The van der Waals surface area contributed by atoms with Gasteiger partial charge in [0.05, 0.1) is 19.1 Å². The molecule has 1 saturated heterocycles. The number of aromatic nitrogens is 2. The zero-order chi connectivity index (χ0) is 25.4. The third-order valence-electron chi connectivity index (χ3n) is 7.63. The number of piperidine rings is 1. The molecule has 1 amide bonds. The van der Waals surface area contributed by atoms with E-state index in [9.17, 15) is 18.0 Å². The molecule has 1 aliphatic heterocycles. The van der Waals surface area contributed by atoms with Crippen molar-refractivity contribution in [3.63, 3.8) is 0 Å². The van der Waals surface area contributed by atoms with Crippen molar-refractivity contribution in [2.24, 2.45) is 17.8 Å². The number of anilines is 1. The summed E-state index contributed by atoms with van der Waals surface area (Å²) in [7, 11) is 0. The van der Waals surface area contributed by atoms with Gasteiger partial charge in [0.25, 0.3) is 5.92 Å². The van der Waals surface area contributed by atoms with E-state index in [-0.39, 0.29) is 24.3 Å². The predicted molar refractivity (Wildman–Crippen MR) is 127 cm³/mol. The van der Waals surface area contributed by atoms with Crippen LogP contribution in [0, 0.1) is 23.6 Å². The number of carbonyl (C=O) groups excluding carboxylic acids is 1. The van der Waals surface area contributed by atoms with Gasteiger partial charge >= 0.3 is 6.01 Å². The first kappa shape index (κ1) is 24.9. The highest BCUT2D eigenvalue weighted by Gasteiger charge is 2.57. The summed E-state index contributed by atoms with van der Waals surface area (Å²) in [6, 6.07) is 3.87. The Morgan fingerprint density at radius 3 is 2.69 bits per heavy atom. The van der Waals surface area contributed by atoms with E-state index in [0.29, 0.717) is 36.1 Å². The van der Waals surface area contributed by atoms with Crippen LogP contribution in [-0.2, 0) is 11.2 Å². The first-order chi connectivity index (χ1) is 17.2. The standard InChI is InChI=1S/C26H33F3N4O3/c1-15(2)24-31-25(36-32-24)33-8-5-16(6-9-33)20-11-17(20)7-10-35-19-4-3-18(21(27)13-19)12-23(34)30-22-14-26(22,28)29/h3-4,13,15-17,20,22H,5-12,14H2,1-2H3,(H,30,34)/t17-,20-,22?/m1/s1. The molecular weight excluding hydrogens is 473 g/mol. The van der Waals surface area contributed by atoms with Gasteiger partial charge < -0.3 is 19.5 Å². The monoisotopic (exact) mass is 506 g/mol. The number of carbonyl (C=O) groups is 1. The Bertz CT molecular complexity index is 1080. The van der Waals surface area contributed by atoms with Gasteiger partial charge in [-0.05, 0) is 55.1 Å². The number of hydrogen-bond donors (Lipinski definition) is 1. The van der Waals surface area contributed by atoms with Crippen molar-refractivity contribution >= 4 is 11.9 Å². The third kappa shape index (κ3) is 5.78. The molecule has 10 heteroatoms. The first-order valence-electron chi connectivity index (χ1n) is 12.9. The largest absolute Gasteiger partial charge is 0.493 e. The molecule has 1 N–H and O–H groups in total. The maximum Gasteiger partial charge on any atom is 0.324 e. The highest BCUT2D eigenvalue weighted by atomic mass is 19.3. The van der Waals surface area contributed by atoms with E-state index >= 15 is 0 Å². The molecule has 1 unspecified atom stereocenters. The van der Waals surface area contributed by atoms with Crippen LogP contribution >= 0.6 is 0 Å². The van der Waals surface area contributed by atoms with E-state index in [4.69, 9.17) is 9.26 Å². The molecule has 1 aromatic carbocycles. The Balaban J connectivity index is 1.01. The van der Waals surface area contributed by atoms with E-state index in [0.717, 1.165) is 38.2 Å². The lowest BCUT2D eigenvalue weighted by Crippen LogP contribution is -2.34. The second-order valence-electron chi connectivity index (χ2n) is 10.7. The van der Waals surface area contributed by atoms with Crippen LogP contribution in [-0.4, -0.2) is 47.7 Å². The quantitative estimate of drug-likeness (QED) is 0.502. The predicted octanol–water partition coefficient (Wildman–Crippen LogP) is 4.72. The van der Waals surface area contributed by atoms with Crippen molar-refractivity contribution < 1.29 is 27.2 Å². The number of rotatable bonds is 10. The molecule has 36 heavy (non-hydrogen) atoms. The fourth-order valence-corrected chi connectivity index (χ4v) is 5.17. The van der Waals surface area contributed by atoms with Gasteiger partial charge in [-0.25, -0.2) is 13.2 Å². The van der Waals surface area contributed by atoms with Crippen molar-refractivity contribution in [1.29, 1.82) is 0 Å². The van der Waals surface area contributed by atoms with Crippen molar-refractivity contribution in [3.05, 3.63) is 35.4 Å². The number of alkyl halides is 2. The van der Waals surface area contributed by atoms with Crippen LogP contribution in [0.2, 0.25) is 0 Å². The zero-order valence-electron chi connectivity index (χ0n) is 20.7. The molecule has 0 bridgehead atoms. The SMILES string of the molecule is CC(C)c1noc(N2CCC([C@H]3C[C@H]3CCOc3ccc(CC(=O)NC4CC4(F)F)c(F)c3)CC2)n1. The second kappa shape index (κ2) is 9.94. The Morgan fingerprint density at radius 1 is 1.31 bits per heavy atom. The van der Waals surface area contributed by atoms with Gasteiger partial charge in [0, 0.05) is 31.5 Å². The summed E-state index contributed by atoms with van der Waals surface area (Å²) in [6.45, 7) is 6.46. The lowest BCUT2D eigenvalue weighted by molar-refractivity contribution is -0.121. The number of halogens is 3. The molecule has 2 aliphatic carbocycles. The van der Waals surface area contributed by atoms with Crippen molar-refractivity contribution in [2.75, 3.05) is 24.6 Å². The van der Waals surface area contributed by atoms with Crippen LogP contribution in [0.15, 0.2) is 22.7 Å². The first-order valence-corrected chi connectivity index (χ1v) is 12.9. The van der Waals surface area contributed by atoms with Crippen LogP contribution in [0.25, 0.3) is 0 Å². The van der Waals surface area contributed by atoms with Crippen molar-refractivity contribution in [2.45, 2.75) is 70.3 Å². The summed E-state index contributed by atoms with van der Waals surface area (Å²) >= 11 is 0. The molecule has 2 heterocycles. The molecule has 0 spiro atoms. The van der Waals surface area contributed by atoms with E-state index in [1.165, 1.54) is 18.6 Å². The smallest absolute Gasteiger partial charge is 0.324 e. The maximum atomic E-state index is 14.4. The topological polar surface area (TPSA) is 80.5 Å². The Kier molecular flexibility index (Phi) is 6.87. The van der Waals surface area contributed by atoms with Crippen LogP contribution in [0.5, 0.6) is 5.75 Å². The van der Waals surface area contributed by atoms with Gasteiger partial charge in [-0.3, -0.25) is 4.79 Å². The lowest BCUT2D eigenvalue weighted by Gasteiger charge is -2.30. The molecule has 3 aliphatic rings. The number of benzene rings is 1. The number of nitrogens with zero attached hydrogens (tertiary/aromatic N) is 3. The highest BCUT2D eigenvalue weighted by Crippen LogP contribution is 2.50. The number of ether oxygens (including phenoxy) is 1. The lowest BCUT2D eigenvalue weighted by atomic mass is 9.90. The number of hydrogen-bond acceptors (Lipinski definition) is 6. The summed E-state index contributed by atoms with van der Waals surface area (Å²) in [5.41, 5.74) is 0.165. The molecule has 196 valence electrons. The second-order valence-corrected chi connectivity index (χ2v) is 10.7. The van der Waals surface area contributed by atoms with Gasteiger partial charge in [-0.2, -0.15) is 4.98 Å². The average Bonchev–Trinajstić information content (AvgIpc) is 3.65. The van der Waals surface area contributed by atoms with E-state index in [1.807, 2.05) is 13.8 Å². The third-order valence-corrected chi connectivity index (χ3v) is 7.63. The molecule has 2 aromatic rings. The average molecular weight is 507 g/mol. The van der Waals surface area contributed by atoms with E-state index in [1.54, 1.807) is 6.07 Å². The molecule has 1 aromatic heterocycles. The van der Waals surface area contributed by atoms with E-state index < -0.39 is 23.7 Å². The molecule has 2 saturated carbocycles. The minimum atomic E-state index is -2.84. The summed E-state index contributed by atoms with van der Waals surface area (Å²) in [4.78, 5) is 18.5. The normalized spacial score (nSPS) is 25.2. The maximum absolute atomic E-state index is 14.4. The molecular formula is C26H33F3N4O3. The summed E-state index contributed by atoms with van der Waals surface area (Å²) in [5, 5.41) is 6.29. The fraction of sp³-hybridized carbons (Fsp3) is 0.654. The summed E-state index contributed by atoms with van der Waals surface area (Å²) in [6.07, 6.45) is 3.73. The van der Waals surface area contributed by atoms with Gasteiger partial charge in [0.15, 0.2) is 5.82 Å². The Hall–Kier alpha value is -2.78. The number of nitrogens with one attached hydrogen (secondary N) is 1. The molecule has 3 atom stereocenters.